The summed E-state index contributed by atoms with van der Waals surface area (Å²) < 4.78 is 30.5. The normalized spacial score (nSPS) is 14.4. The topological polar surface area (TPSA) is 56.0 Å². The smallest absolute Gasteiger partial charge is 0.242 e. The molecule has 0 saturated carbocycles. The lowest BCUT2D eigenvalue weighted by molar-refractivity contribution is 0.375. The highest BCUT2D eigenvalue weighted by Crippen LogP contribution is 2.21. The van der Waals surface area contributed by atoms with Gasteiger partial charge in [0.2, 0.25) is 5.89 Å². The van der Waals surface area contributed by atoms with E-state index >= 15 is 0 Å². The van der Waals surface area contributed by atoms with Crippen LogP contribution in [0.1, 0.15) is 29.5 Å². The fraction of sp³-hybridized carbons (Fsp3) is 0.333. The molecule has 2 aromatic rings. The summed E-state index contributed by atoms with van der Waals surface area (Å²) in [6.45, 7) is 3.42. The van der Waals surface area contributed by atoms with Crippen LogP contribution < -0.4 is 0 Å². The van der Waals surface area contributed by atoms with Gasteiger partial charge in [-0.15, -0.1) is 0 Å². The molecule has 0 aliphatic heterocycles. The van der Waals surface area contributed by atoms with Gasteiger partial charge in [-0.25, -0.2) is 4.39 Å². The van der Waals surface area contributed by atoms with Crippen LogP contribution in [0.15, 0.2) is 28.8 Å². The summed E-state index contributed by atoms with van der Waals surface area (Å²) in [6, 6.07) is 6.30. The third-order valence-electron chi connectivity index (χ3n) is 2.54. The van der Waals surface area contributed by atoms with E-state index in [9.17, 15) is 8.60 Å². The van der Waals surface area contributed by atoms with Gasteiger partial charge < -0.3 is 4.52 Å². The Morgan fingerprint density at radius 3 is 2.78 bits per heavy atom. The molecule has 0 radical (unpaired) electrons. The number of hydrogen-bond donors (Lipinski definition) is 0. The Labute approximate surface area is 107 Å². The molecule has 0 bridgehead atoms. The number of aryl methyl sites for hydroxylation is 1. The number of rotatable bonds is 4. The Bertz CT molecular complexity index is 571. The molecule has 18 heavy (non-hydrogen) atoms. The fourth-order valence-corrected chi connectivity index (χ4v) is 2.60. The van der Waals surface area contributed by atoms with E-state index in [2.05, 4.69) is 10.1 Å². The van der Waals surface area contributed by atoms with Crippen LogP contribution in [0, 0.1) is 12.7 Å². The summed E-state index contributed by atoms with van der Waals surface area (Å²) in [7, 11) is -1.30. The lowest BCUT2D eigenvalue weighted by Gasteiger charge is -2.07. The average molecular weight is 268 g/mol. The van der Waals surface area contributed by atoms with Crippen LogP contribution in [0.2, 0.25) is 0 Å². The molecule has 2 rings (SSSR count). The Morgan fingerprint density at radius 2 is 2.17 bits per heavy atom. The van der Waals surface area contributed by atoms with Gasteiger partial charge in [-0.2, -0.15) is 4.98 Å². The van der Waals surface area contributed by atoms with E-state index in [4.69, 9.17) is 4.52 Å². The van der Waals surface area contributed by atoms with Gasteiger partial charge in [0, 0.05) is 16.4 Å². The first kappa shape index (κ1) is 12.9. The van der Waals surface area contributed by atoms with Crippen LogP contribution in [0.4, 0.5) is 4.39 Å². The van der Waals surface area contributed by atoms with E-state index in [-0.39, 0.29) is 11.6 Å². The molecule has 0 fully saturated rings. The maximum Gasteiger partial charge on any atom is 0.242 e. The molecule has 2 atom stereocenters. The minimum atomic E-state index is -1.30. The predicted molar refractivity (Wildman–Crippen MR) is 65.7 cm³/mol. The van der Waals surface area contributed by atoms with Crippen molar-refractivity contribution in [2.75, 3.05) is 0 Å². The summed E-state index contributed by atoms with van der Waals surface area (Å²) in [5.41, 5.74) is 0.430. The van der Waals surface area contributed by atoms with Crippen LogP contribution in [-0.2, 0) is 16.6 Å². The van der Waals surface area contributed by atoms with E-state index in [0.717, 1.165) is 0 Å². The van der Waals surface area contributed by atoms with Gasteiger partial charge in [-0.05, 0) is 19.9 Å². The second-order valence-electron chi connectivity index (χ2n) is 3.94. The zero-order valence-corrected chi connectivity index (χ0v) is 10.9. The first-order valence-electron chi connectivity index (χ1n) is 5.48. The van der Waals surface area contributed by atoms with Gasteiger partial charge in [0.1, 0.15) is 11.1 Å². The molecule has 0 unspecified atom stereocenters. The largest absolute Gasteiger partial charge is 0.338 e. The van der Waals surface area contributed by atoms with Crippen molar-refractivity contribution >= 4 is 10.8 Å². The molecule has 0 spiro atoms. The Morgan fingerprint density at radius 1 is 1.44 bits per heavy atom. The van der Waals surface area contributed by atoms with Gasteiger partial charge in [0.15, 0.2) is 5.82 Å². The Balaban J connectivity index is 2.11. The molecular weight excluding hydrogens is 255 g/mol. The monoisotopic (exact) mass is 268 g/mol. The third kappa shape index (κ3) is 2.81. The molecule has 96 valence electrons. The average Bonchev–Trinajstić information content (AvgIpc) is 2.78. The van der Waals surface area contributed by atoms with E-state index in [1.54, 1.807) is 32.0 Å². The minimum Gasteiger partial charge on any atom is -0.338 e. The molecule has 4 nitrogen and oxygen atoms in total. The van der Waals surface area contributed by atoms with Crippen LogP contribution in [0.5, 0.6) is 0 Å². The van der Waals surface area contributed by atoms with Crippen LogP contribution in [0.3, 0.4) is 0 Å². The molecule has 1 aromatic heterocycles. The maximum atomic E-state index is 13.4. The van der Waals surface area contributed by atoms with Crippen molar-refractivity contribution in [2.45, 2.75) is 24.9 Å². The standard InChI is InChI=1S/C12H13FN2O2S/c1-8(12-14-9(2)15-17-12)18(16)7-10-5-3-4-6-11(10)13/h3-6,8H,7H2,1-2H3/t8-,18+/m0/s1. The maximum absolute atomic E-state index is 13.4. The highest BCUT2D eigenvalue weighted by atomic mass is 32.2. The van der Waals surface area contributed by atoms with E-state index < -0.39 is 16.0 Å². The number of halogens is 1. The number of nitrogens with zero attached hydrogens (tertiary/aromatic N) is 2. The third-order valence-corrected chi connectivity index (χ3v) is 4.13. The van der Waals surface area contributed by atoms with Crippen molar-refractivity contribution in [3.63, 3.8) is 0 Å². The van der Waals surface area contributed by atoms with E-state index in [0.29, 0.717) is 17.3 Å². The van der Waals surface area contributed by atoms with Gasteiger partial charge in [-0.1, -0.05) is 23.4 Å². The van der Waals surface area contributed by atoms with Crippen LogP contribution in [-0.4, -0.2) is 14.3 Å². The molecule has 6 heteroatoms. The fourth-order valence-electron chi connectivity index (χ4n) is 1.48. The van der Waals surface area contributed by atoms with Crippen molar-refractivity contribution in [3.8, 4) is 0 Å². The van der Waals surface area contributed by atoms with E-state index in [1.807, 2.05) is 0 Å². The first-order chi connectivity index (χ1) is 8.58. The molecule has 0 N–H and O–H groups in total. The second kappa shape index (κ2) is 5.39. The van der Waals surface area contributed by atoms with Crippen molar-refractivity contribution in [3.05, 3.63) is 47.4 Å². The highest BCUT2D eigenvalue weighted by Gasteiger charge is 2.20. The molecule has 0 aliphatic carbocycles. The number of benzene rings is 1. The van der Waals surface area contributed by atoms with Gasteiger partial charge in [-0.3, -0.25) is 4.21 Å². The summed E-state index contributed by atoms with van der Waals surface area (Å²) >= 11 is 0. The second-order valence-corrected chi connectivity index (χ2v) is 5.70. The number of hydrogen-bond acceptors (Lipinski definition) is 4. The quantitative estimate of drug-likeness (QED) is 0.855. The Hall–Kier alpha value is -1.56. The van der Waals surface area contributed by atoms with Crippen molar-refractivity contribution in [1.29, 1.82) is 0 Å². The van der Waals surface area contributed by atoms with Crippen molar-refractivity contribution in [2.24, 2.45) is 0 Å². The van der Waals surface area contributed by atoms with Gasteiger partial charge in [0.25, 0.3) is 0 Å². The summed E-state index contributed by atoms with van der Waals surface area (Å²) in [5.74, 6) is 0.608. The molecular formula is C12H13FN2O2S. The zero-order valence-electron chi connectivity index (χ0n) is 10.1. The molecule has 1 heterocycles. The summed E-state index contributed by atoms with van der Waals surface area (Å²) in [4.78, 5) is 4.03. The van der Waals surface area contributed by atoms with E-state index in [1.165, 1.54) is 6.07 Å². The minimum absolute atomic E-state index is 0.134. The lowest BCUT2D eigenvalue weighted by atomic mass is 10.2. The Kier molecular flexibility index (Phi) is 3.86. The SMILES string of the molecule is Cc1noc([C@H](C)[S@](=O)Cc2ccccc2F)n1. The lowest BCUT2D eigenvalue weighted by Crippen LogP contribution is -2.07. The predicted octanol–water partition coefficient (Wildman–Crippen LogP) is 2.53. The van der Waals surface area contributed by atoms with Gasteiger partial charge >= 0.3 is 0 Å². The molecule has 0 saturated heterocycles. The summed E-state index contributed by atoms with van der Waals surface area (Å²) in [5, 5.41) is 3.24. The highest BCUT2D eigenvalue weighted by molar-refractivity contribution is 7.84. The zero-order chi connectivity index (χ0) is 13.1. The summed E-state index contributed by atoms with van der Waals surface area (Å²) in [6.07, 6.45) is 0. The molecule has 0 aliphatic rings. The van der Waals surface area contributed by atoms with Crippen molar-refractivity contribution in [1.82, 2.24) is 10.1 Å². The molecule has 0 amide bonds. The van der Waals surface area contributed by atoms with Gasteiger partial charge in [0.05, 0.1) is 5.75 Å². The number of aromatic nitrogens is 2. The first-order valence-corrected chi connectivity index (χ1v) is 6.87. The van der Waals surface area contributed by atoms with Crippen LogP contribution in [0.25, 0.3) is 0 Å². The molecule has 1 aromatic carbocycles. The van der Waals surface area contributed by atoms with Crippen molar-refractivity contribution < 1.29 is 13.1 Å². The van der Waals surface area contributed by atoms with Crippen LogP contribution >= 0.6 is 0 Å².